The summed E-state index contributed by atoms with van der Waals surface area (Å²) < 4.78 is 16.2. The molecule has 1 atom stereocenters. The Morgan fingerprint density at radius 3 is 2.81 bits per heavy atom. The molecule has 0 aliphatic carbocycles. The molecule has 116 valence electrons. The highest BCUT2D eigenvalue weighted by atomic mass is 16.5. The number of nitrogens with two attached hydrogens (primary N) is 1. The van der Waals surface area contributed by atoms with Crippen molar-refractivity contribution in [2.45, 2.75) is 19.5 Å². The molecule has 6 heteroatoms. The molecule has 2 aromatic rings. The molecule has 0 aliphatic heterocycles. The Bertz CT molecular complexity index is 570. The van der Waals surface area contributed by atoms with Crippen molar-refractivity contribution in [1.29, 1.82) is 0 Å². The molecule has 0 amide bonds. The van der Waals surface area contributed by atoms with Crippen LogP contribution in [0.1, 0.15) is 12.8 Å². The first-order chi connectivity index (χ1) is 10.2. The van der Waals surface area contributed by atoms with Crippen LogP contribution in [0.4, 0.5) is 5.69 Å². The van der Waals surface area contributed by atoms with Crippen LogP contribution in [0.3, 0.4) is 0 Å². The van der Waals surface area contributed by atoms with Gasteiger partial charge < -0.3 is 19.6 Å². The second-order valence-electron chi connectivity index (χ2n) is 5.07. The summed E-state index contributed by atoms with van der Waals surface area (Å²) in [6.45, 7) is 4.79. The Morgan fingerprint density at radius 2 is 2.14 bits per heavy atom. The van der Waals surface area contributed by atoms with E-state index in [1.165, 1.54) is 0 Å². The minimum absolute atomic E-state index is 0.248. The number of oxazole rings is 1. The molecular formula is C15H23N3O3. The van der Waals surface area contributed by atoms with Gasteiger partial charge in [0, 0.05) is 26.8 Å². The number of hydrogen-bond donors (Lipinski definition) is 1. The molecule has 2 rings (SSSR count). The molecule has 1 aromatic carbocycles. The van der Waals surface area contributed by atoms with E-state index in [9.17, 15) is 0 Å². The molecule has 0 saturated carbocycles. The van der Waals surface area contributed by atoms with Gasteiger partial charge in [-0.2, -0.15) is 0 Å². The van der Waals surface area contributed by atoms with Crippen molar-refractivity contribution in [3.8, 4) is 0 Å². The number of hydrogen-bond acceptors (Lipinski definition) is 6. The van der Waals surface area contributed by atoms with Gasteiger partial charge in [0.05, 0.1) is 25.4 Å². The number of para-hydroxylation sites is 1. The van der Waals surface area contributed by atoms with Crippen LogP contribution in [0.5, 0.6) is 0 Å². The lowest BCUT2D eigenvalue weighted by Crippen LogP contribution is -2.38. The molecule has 0 fully saturated rings. The SMILES string of the molecule is COCCN(Cc1nc2c(N)cccc2o1)C(C)COC. The van der Waals surface area contributed by atoms with Gasteiger partial charge in [-0.3, -0.25) is 4.90 Å². The average molecular weight is 293 g/mol. The maximum absolute atomic E-state index is 5.91. The third kappa shape index (κ3) is 3.93. The smallest absolute Gasteiger partial charge is 0.209 e. The number of nitrogens with zero attached hydrogens (tertiary/aromatic N) is 2. The number of fused-ring (bicyclic) bond motifs is 1. The van der Waals surface area contributed by atoms with Gasteiger partial charge in [-0.1, -0.05) is 6.07 Å². The van der Waals surface area contributed by atoms with E-state index in [1.54, 1.807) is 14.2 Å². The van der Waals surface area contributed by atoms with E-state index in [2.05, 4.69) is 16.8 Å². The van der Waals surface area contributed by atoms with Gasteiger partial charge in [-0.15, -0.1) is 0 Å². The Morgan fingerprint density at radius 1 is 1.33 bits per heavy atom. The normalized spacial score (nSPS) is 13.1. The lowest BCUT2D eigenvalue weighted by molar-refractivity contribution is 0.0656. The van der Waals surface area contributed by atoms with Gasteiger partial charge in [0.25, 0.3) is 0 Å². The summed E-state index contributed by atoms with van der Waals surface area (Å²) >= 11 is 0. The summed E-state index contributed by atoms with van der Waals surface area (Å²) in [4.78, 5) is 6.70. The first kappa shape index (κ1) is 15.8. The Kier molecular flexibility index (Phi) is 5.55. The highest BCUT2D eigenvalue weighted by Crippen LogP contribution is 2.22. The van der Waals surface area contributed by atoms with E-state index in [1.807, 2.05) is 18.2 Å². The fourth-order valence-electron chi connectivity index (χ4n) is 2.27. The third-order valence-electron chi connectivity index (χ3n) is 3.45. The number of ether oxygens (including phenoxy) is 2. The number of rotatable bonds is 8. The van der Waals surface area contributed by atoms with E-state index in [-0.39, 0.29) is 6.04 Å². The zero-order valence-corrected chi connectivity index (χ0v) is 12.8. The largest absolute Gasteiger partial charge is 0.439 e. The van der Waals surface area contributed by atoms with Crippen LogP contribution in [0.2, 0.25) is 0 Å². The molecule has 1 aromatic heterocycles. The highest BCUT2D eigenvalue weighted by Gasteiger charge is 2.17. The van der Waals surface area contributed by atoms with Crippen LogP contribution in [-0.4, -0.2) is 49.9 Å². The number of benzene rings is 1. The van der Waals surface area contributed by atoms with Crippen molar-refractivity contribution in [2.24, 2.45) is 0 Å². The van der Waals surface area contributed by atoms with Crippen LogP contribution in [-0.2, 0) is 16.0 Å². The lowest BCUT2D eigenvalue weighted by Gasteiger charge is -2.26. The molecule has 0 saturated heterocycles. The molecule has 0 aliphatic rings. The summed E-state index contributed by atoms with van der Waals surface area (Å²) in [7, 11) is 3.39. The first-order valence-electron chi connectivity index (χ1n) is 7.01. The molecule has 0 spiro atoms. The minimum Gasteiger partial charge on any atom is -0.439 e. The molecule has 2 N–H and O–H groups in total. The van der Waals surface area contributed by atoms with Gasteiger partial charge in [0.2, 0.25) is 5.89 Å². The average Bonchev–Trinajstić information content (AvgIpc) is 2.88. The van der Waals surface area contributed by atoms with E-state index >= 15 is 0 Å². The van der Waals surface area contributed by atoms with Crippen LogP contribution in [0.25, 0.3) is 11.1 Å². The van der Waals surface area contributed by atoms with Gasteiger partial charge in [-0.25, -0.2) is 4.98 Å². The van der Waals surface area contributed by atoms with Gasteiger partial charge in [0.1, 0.15) is 5.52 Å². The Labute approximate surface area is 124 Å². The van der Waals surface area contributed by atoms with Crippen LogP contribution < -0.4 is 5.73 Å². The maximum atomic E-state index is 5.91. The fraction of sp³-hybridized carbons (Fsp3) is 0.533. The number of nitrogen functional groups attached to an aromatic ring is 1. The summed E-state index contributed by atoms with van der Waals surface area (Å²) in [5.74, 6) is 0.655. The molecule has 6 nitrogen and oxygen atoms in total. The van der Waals surface area contributed by atoms with Gasteiger partial charge >= 0.3 is 0 Å². The first-order valence-corrected chi connectivity index (χ1v) is 7.01. The number of anilines is 1. The molecule has 0 bridgehead atoms. The summed E-state index contributed by atoms with van der Waals surface area (Å²) in [6.07, 6.45) is 0. The van der Waals surface area contributed by atoms with Crippen LogP contribution >= 0.6 is 0 Å². The van der Waals surface area contributed by atoms with Gasteiger partial charge in [-0.05, 0) is 19.1 Å². The van der Waals surface area contributed by atoms with E-state index < -0.39 is 0 Å². The molecule has 21 heavy (non-hydrogen) atoms. The molecule has 0 radical (unpaired) electrons. The zero-order chi connectivity index (χ0) is 15.2. The van der Waals surface area contributed by atoms with Crippen molar-refractivity contribution >= 4 is 16.8 Å². The fourth-order valence-corrected chi connectivity index (χ4v) is 2.27. The summed E-state index contributed by atoms with van der Waals surface area (Å²) in [6, 6.07) is 5.81. The van der Waals surface area contributed by atoms with Crippen molar-refractivity contribution in [2.75, 3.05) is 39.7 Å². The maximum Gasteiger partial charge on any atom is 0.209 e. The Hall–Kier alpha value is -1.63. The van der Waals surface area contributed by atoms with Crippen molar-refractivity contribution in [3.63, 3.8) is 0 Å². The molecular weight excluding hydrogens is 270 g/mol. The van der Waals surface area contributed by atoms with E-state index in [4.69, 9.17) is 19.6 Å². The Balaban J connectivity index is 2.15. The number of methoxy groups -OCH3 is 2. The van der Waals surface area contributed by atoms with Gasteiger partial charge in [0.15, 0.2) is 5.58 Å². The van der Waals surface area contributed by atoms with Crippen molar-refractivity contribution in [3.05, 3.63) is 24.1 Å². The zero-order valence-electron chi connectivity index (χ0n) is 12.8. The summed E-state index contributed by atoms with van der Waals surface area (Å²) in [5.41, 5.74) is 7.99. The lowest BCUT2D eigenvalue weighted by atomic mass is 10.3. The van der Waals surface area contributed by atoms with E-state index in [0.29, 0.717) is 31.3 Å². The predicted molar refractivity (Wildman–Crippen MR) is 82.0 cm³/mol. The molecule has 1 heterocycles. The third-order valence-corrected chi connectivity index (χ3v) is 3.45. The second-order valence-corrected chi connectivity index (χ2v) is 5.07. The minimum atomic E-state index is 0.248. The monoisotopic (exact) mass is 293 g/mol. The highest BCUT2D eigenvalue weighted by molar-refractivity contribution is 5.85. The van der Waals surface area contributed by atoms with Crippen molar-refractivity contribution in [1.82, 2.24) is 9.88 Å². The number of aromatic nitrogens is 1. The van der Waals surface area contributed by atoms with Crippen molar-refractivity contribution < 1.29 is 13.9 Å². The standard InChI is InChI=1S/C15H23N3O3/c1-11(10-20-3)18(7-8-19-2)9-14-17-15-12(16)5-4-6-13(15)21-14/h4-6,11H,7-10,16H2,1-3H3. The predicted octanol–water partition coefficient (Wildman–Crippen LogP) is 1.89. The topological polar surface area (TPSA) is 73.8 Å². The quantitative estimate of drug-likeness (QED) is 0.749. The van der Waals surface area contributed by atoms with E-state index in [0.717, 1.165) is 17.6 Å². The van der Waals surface area contributed by atoms with Crippen LogP contribution in [0, 0.1) is 0 Å². The summed E-state index contributed by atoms with van der Waals surface area (Å²) in [5, 5.41) is 0. The molecule has 1 unspecified atom stereocenters. The second kappa shape index (κ2) is 7.40. The van der Waals surface area contributed by atoms with Crippen LogP contribution in [0.15, 0.2) is 22.6 Å².